The van der Waals surface area contributed by atoms with Crippen LogP contribution in [0.3, 0.4) is 0 Å². The van der Waals surface area contributed by atoms with Crippen LogP contribution in [0.1, 0.15) is 21.5 Å². The molecule has 0 atom stereocenters. The predicted molar refractivity (Wildman–Crippen MR) is 75.4 cm³/mol. The first kappa shape index (κ1) is 12.1. The normalized spacial score (nSPS) is 10.7. The highest BCUT2D eigenvalue weighted by molar-refractivity contribution is 6.10. The van der Waals surface area contributed by atoms with Gasteiger partial charge in [-0.2, -0.15) is 0 Å². The molecule has 0 spiro atoms. The molecule has 2 heteroatoms. The van der Waals surface area contributed by atoms with Crippen LogP contribution < -0.4 is 5.73 Å². The van der Waals surface area contributed by atoms with Gasteiger partial charge in [0.2, 0.25) is 0 Å². The van der Waals surface area contributed by atoms with Crippen molar-refractivity contribution in [3.63, 3.8) is 0 Å². The zero-order chi connectivity index (χ0) is 13.0. The van der Waals surface area contributed by atoms with Gasteiger partial charge in [0.1, 0.15) is 0 Å². The molecule has 0 radical (unpaired) electrons. The molecule has 0 saturated carbocycles. The first-order chi connectivity index (χ1) is 8.66. The maximum Gasteiger partial charge on any atom is 0.187 e. The van der Waals surface area contributed by atoms with Crippen molar-refractivity contribution in [3.8, 4) is 0 Å². The topological polar surface area (TPSA) is 43.1 Å². The van der Waals surface area contributed by atoms with Crippen molar-refractivity contribution < 1.29 is 4.79 Å². The van der Waals surface area contributed by atoms with Crippen molar-refractivity contribution in [2.75, 3.05) is 5.73 Å². The van der Waals surface area contributed by atoms with Crippen LogP contribution in [-0.2, 0) is 0 Å². The Labute approximate surface area is 107 Å². The van der Waals surface area contributed by atoms with Gasteiger partial charge in [0, 0.05) is 11.3 Å². The minimum atomic E-state index is -0.0728. The van der Waals surface area contributed by atoms with Crippen molar-refractivity contribution >= 4 is 17.5 Å². The summed E-state index contributed by atoms with van der Waals surface area (Å²) in [6, 6.07) is 15.2. The molecular weight excluding hydrogens is 222 g/mol. The number of hydrogen-bond donors (Lipinski definition) is 1. The summed E-state index contributed by atoms with van der Waals surface area (Å²) in [5, 5.41) is 0. The van der Waals surface area contributed by atoms with Gasteiger partial charge >= 0.3 is 0 Å². The van der Waals surface area contributed by atoms with Crippen LogP contribution in [-0.4, -0.2) is 5.78 Å². The molecule has 0 aliphatic carbocycles. The minimum Gasteiger partial charge on any atom is -0.398 e. The van der Waals surface area contributed by atoms with Crippen LogP contribution in [0.4, 0.5) is 5.69 Å². The Bertz CT molecular complexity index is 585. The number of ketones is 1. The van der Waals surface area contributed by atoms with Crippen LogP contribution in [0.25, 0.3) is 6.08 Å². The zero-order valence-corrected chi connectivity index (χ0v) is 10.3. The lowest BCUT2D eigenvalue weighted by molar-refractivity contribution is 0.104. The van der Waals surface area contributed by atoms with Crippen LogP contribution in [0.5, 0.6) is 0 Å². The van der Waals surface area contributed by atoms with Gasteiger partial charge in [0.25, 0.3) is 0 Å². The number of benzene rings is 2. The molecule has 0 saturated heterocycles. The molecule has 0 amide bonds. The van der Waals surface area contributed by atoms with E-state index in [2.05, 4.69) is 0 Å². The first-order valence-electron chi connectivity index (χ1n) is 5.80. The van der Waals surface area contributed by atoms with E-state index < -0.39 is 0 Å². The quantitative estimate of drug-likeness (QED) is 0.504. The summed E-state index contributed by atoms with van der Waals surface area (Å²) < 4.78 is 0. The van der Waals surface area contributed by atoms with Gasteiger partial charge in [-0.3, -0.25) is 4.79 Å². The standard InChI is InChI=1S/C16H15NO/c1-12-7-9-14(15(17)11-12)16(18)10-8-13-5-3-2-4-6-13/h2-11H,17H2,1H3/b10-8+. The molecular formula is C16H15NO. The predicted octanol–water partition coefficient (Wildman–Crippen LogP) is 3.47. The molecule has 0 fully saturated rings. The fraction of sp³-hybridized carbons (Fsp3) is 0.0625. The number of nitrogen functional groups attached to an aromatic ring is 1. The third-order valence-electron chi connectivity index (χ3n) is 2.70. The summed E-state index contributed by atoms with van der Waals surface area (Å²) >= 11 is 0. The second kappa shape index (κ2) is 5.32. The largest absolute Gasteiger partial charge is 0.398 e. The Balaban J connectivity index is 2.20. The smallest absolute Gasteiger partial charge is 0.187 e. The highest BCUT2D eigenvalue weighted by Crippen LogP contribution is 2.15. The number of allylic oxidation sites excluding steroid dienone is 1. The van der Waals surface area contributed by atoms with E-state index in [4.69, 9.17) is 5.73 Å². The number of carbonyl (C=O) groups excluding carboxylic acids is 1. The van der Waals surface area contributed by atoms with Crippen molar-refractivity contribution in [2.45, 2.75) is 6.92 Å². The van der Waals surface area contributed by atoms with E-state index in [-0.39, 0.29) is 5.78 Å². The summed E-state index contributed by atoms with van der Waals surface area (Å²) in [4.78, 5) is 12.0. The summed E-state index contributed by atoms with van der Waals surface area (Å²) in [6.07, 6.45) is 3.35. The Morgan fingerprint density at radius 2 is 1.83 bits per heavy atom. The second-order valence-corrected chi connectivity index (χ2v) is 4.20. The van der Waals surface area contributed by atoms with Crippen LogP contribution in [0.15, 0.2) is 54.6 Å². The van der Waals surface area contributed by atoms with E-state index >= 15 is 0 Å². The van der Waals surface area contributed by atoms with Gasteiger partial charge in [-0.1, -0.05) is 42.5 Å². The molecule has 0 unspecified atom stereocenters. The van der Waals surface area contributed by atoms with Gasteiger partial charge < -0.3 is 5.73 Å². The zero-order valence-electron chi connectivity index (χ0n) is 10.3. The molecule has 18 heavy (non-hydrogen) atoms. The van der Waals surface area contributed by atoms with Gasteiger partial charge in [-0.25, -0.2) is 0 Å². The highest BCUT2D eigenvalue weighted by atomic mass is 16.1. The Morgan fingerprint density at radius 3 is 2.50 bits per heavy atom. The van der Waals surface area contributed by atoms with Gasteiger partial charge in [0.05, 0.1) is 0 Å². The maximum atomic E-state index is 12.0. The maximum absolute atomic E-state index is 12.0. The summed E-state index contributed by atoms with van der Waals surface area (Å²) in [6.45, 7) is 1.95. The molecule has 2 N–H and O–H groups in total. The third-order valence-corrected chi connectivity index (χ3v) is 2.70. The molecule has 0 aliphatic heterocycles. The van der Waals surface area contributed by atoms with E-state index in [1.54, 1.807) is 18.2 Å². The summed E-state index contributed by atoms with van der Waals surface area (Å²) in [5.41, 5.74) is 8.96. The fourth-order valence-corrected chi connectivity index (χ4v) is 1.73. The molecule has 0 aromatic heterocycles. The van der Waals surface area contributed by atoms with E-state index in [1.165, 1.54) is 0 Å². The number of anilines is 1. The average Bonchev–Trinajstić information content (AvgIpc) is 2.37. The van der Waals surface area contributed by atoms with Crippen molar-refractivity contribution in [3.05, 3.63) is 71.3 Å². The Morgan fingerprint density at radius 1 is 1.11 bits per heavy atom. The molecule has 2 aromatic rings. The van der Waals surface area contributed by atoms with E-state index in [0.717, 1.165) is 11.1 Å². The Kier molecular flexibility index (Phi) is 3.58. The van der Waals surface area contributed by atoms with Gasteiger partial charge in [0.15, 0.2) is 5.78 Å². The molecule has 2 rings (SSSR count). The highest BCUT2D eigenvalue weighted by Gasteiger charge is 2.05. The van der Waals surface area contributed by atoms with Crippen LogP contribution in [0, 0.1) is 6.92 Å². The van der Waals surface area contributed by atoms with Crippen molar-refractivity contribution in [1.82, 2.24) is 0 Å². The second-order valence-electron chi connectivity index (χ2n) is 4.20. The number of carbonyl (C=O) groups is 1. The van der Waals surface area contributed by atoms with E-state index in [1.807, 2.05) is 49.4 Å². The molecule has 0 aliphatic rings. The average molecular weight is 237 g/mol. The monoisotopic (exact) mass is 237 g/mol. The number of hydrogen-bond acceptors (Lipinski definition) is 2. The summed E-state index contributed by atoms with van der Waals surface area (Å²) in [5.74, 6) is -0.0728. The molecule has 0 bridgehead atoms. The fourth-order valence-electron chi connectivity index (χ4n) is 1.73. The molecule has 90 valence electrons. The van der Waals surface area contributed by atoms with Crippen LogP contribution >= 0.6 is 0 Å². The SMILES string of the molecule is Cc1ccc(C(=O)/C=C/c2ccccc2)c(N)c1. The molecule has 0 heterocycles. The van der Waals surface area contributed by atoms with E-state index in [0.29, 0.717) is 11.3 Å². The van der Waals surface area contributed by atoms with Gasteiger partial charge in [-0.05, 0) is 36.3 Å². The first-order valence-corrected chi connectivity index (χ1v) is 5.80. The number of rotatable bonds is 3. The lowest BCUT2D eigenvalue weighted by atomic mass is 10.1. The molecule has 2 aromatic carbocycles. The molecule has 2 nitrogen and oxygen atoms in total. The van der Waals surface area contributed by atoms with Crippen LogP contribution in [0.2, 0.25) is 0 Å². The summed E-state index contributed by atoms with van der Waals surface area (Å²) in [7, 11) is 0. The van der Waals surface area contributed by atoms with Gasteiger partial charge in [-0.15, -0.1) is 0 Å². The minimum absolute atomic E-state index is 0.0728. The number of nitrogens with two attached hydrogens (primary N) is 1. The third kappa shape index (κ3) is 2.86. The number of aryl methyl sites for hydroxylation is 1. The van der Waals surface area contributed by atoms with E-state index in [9.17, 15) is 4.79 Å². The van der Waals surface area contributed by atoms with Crippen molar-refractivity contribution in [2.24, 2.45) is 0 Å². The lowest BCUT2D eigenvalue weighted by Crippen LogP contribution is -2.00. The van der Waals surface area contributed by atoms with Crippen molar-refractivity contribution in [1.29, 1.82) is 0 Å². The Hall–Kier alpha value is -2.35. The lowest BCUT2D eigenvalue weighted by Gasteiger charge is -2.02.